The zero-order valence-corrected chi connectivity index (χ0v) is 6.67. The molecule has 0 aliphatic carbocycles. The Morgan fingerprint density at radius 2 is 2.55 bits per heavy atom. The number of anilines is 1. The molecule has 1 unspecified atom stereocenters. The van der Waals surface area contributed by atoms with Crippen LogP contribution in [-0.2, 0) is 6.42 Å². The Kier molecular flexibility index (Phi) is 1.53. The fourth-order valence-electron chi connectivity index (χ4n) is 1.49. The average Bonchev–Trinajstić information content (AvgIpc) is 2.04. The van der Waals surface area contributed by atoms with Crippen LogP contribution >= 0.6 is 0 Å². The summed E-state index contributed by atoms with van der Waals surface area (Å²) in [5, 5.41) is 3.35. The van der Waals surface area contributed by atoms with Crippen LogP contribution in [0.5, 0.6) is 0 Å². The summed E-state index contributed by atoms with van der Waals surface area (Å²) in [6, 6.07) is 2.10. The molecular formula is C9H12N2. The molecule has 0 aromatic carbocycles. The zero-order chi connectivity index (χ0) is 7.68. The van der Waals surface area contributed by atoms with Gasteiger partial charge in [0.05, 0.1) is 11.9 Å². The maximum Gasteiger partial charge on any atom is 0.0559 e. The number of hydrogen-bond donors (Lipinski definition) is 1. The van der Waals surface area contributed by atoms with Crippen molar-refractivity contribution in [2.45, 2.75) is 13.3 Å². The molecule has 1 aromatic rings. The van der Waals surface area contributed by atoms with E-state index in [1.165, 1.54) is 17.7 Å². The molecular weight excluding hydrogens is 136 g/mol. The summed E-state index contributed by atoms with van der Waals surface area (Å²) < 4.78 is 0. The van der Waals surface area contributed by atoms with Gasteiger partial charge in [-0.2, -0.15) is 0 Å². The summed E-state index contributed by atoms with van der Waals surface area (Å²) in [7, 11) is 0. The molecule has 0 fully saturated rings. The predicted molar refractivity (Wildman–Crippen MR) is 45.6 cm³/mol. The molecule has 0 saturated carbocycles. The maximum absolute atomic E-state index is 4.06. The van der Waals surface area contributed by atoms with E-state index in [2.05, 4.69) is 23.3 Å². The van der Waals surface area contributed by atoms with Crippen molar-refractivity contribution in [3.05, 3.63) is 24.0 Å². The van der Waals surface area contributed by atoms with E-state index in [0.717, 1.165) is 12.5 Å². The lowest BCUT2D eigenvalue weighted by molar-refractivity contribution is 0.594. The molecule has 0 saturated heterocycles. The molecule has 0 spiro atoms. The Bertz CT molecular complexity index is 257. The van der Waals surface area contributed by atoms with Gasteiger partial charge in [-0.25, -0.2) is 0 Å². The second kappa shape index (κ2) is 2.53. The van der Waals surface area contributed by atoms with E-state index in [1.807, 2.05) is 12.4 Å². The van der Waals surface area contributed by atoms with E-state index in [4.69, 9.17) is 0 Å². The number of pyridine rings is 1. The molecule has 0 radical (unpaired) electrons. The Labute approximate surface area is 66.7 Å². The van der Waals surface area contributed by atoms with Crippen molar-refractivity contribution in [1.82, 2.24) is 4.98 Å². The Balaban J connectivity index is 2.34. The minimum Gasteiger partial charge on any atom is -0.383 e. The van der Waals surface area contributed by atoms with Crippen molar-refractivity contribution in [2.24, 2.45) is 5.92 Å². The van der Waals surface area contributed by atoms with Crippen LogP contribution in [-0.4, -0.2) is 11.5 Å². The van der Waals surface area contributed by atoms with Gasteiger partial charge in [-0.1, -0.05) is 6.92 Å². The van der Waals surface area contributed by atoms with E-state index in [1.54, 1.807) is 0 Å². The first-order valence-electron chi connectivity index (χ1n) is 4.03. The van der Waals surface area contributed by atoms with Gasteiger partial charge in [0.1, 0.15) is 0 Å². The summed E-state index contributed by atoms with van der Waals surface area (Å²) in [5.41, 5.74) is 2.62. The summed E-state index contributed by atoms with van der Waals surface area (Å²) in [5.74, 6) is 0.755. The fourth-order valence-corrected chi connectivity index (χ4v) is 1.49. The standard InChI is InChI=1S/C9H12N2/c1-7-4-8-2-3-10-6-9(8)11-5-7/h2-3,6-7,11H,4-5H2,1H3. The number of nitrogens with one attached hydrogen (secondary N) is 1. The molecule has 11 heavy (non-hydrogen) atoms. The lowest BCUT2D eigenvalue weighted by Gasteiger charge is -2.22. The topological polar surface area (TPSA) is 24.9 Å². The molecule has 1 atom stereocenters. The zero-order valence-electron chi connectivity index (χ0n) is 6.67. The second-order valence-corrected chi connectivity index (χ2v) is 3.22. The third kappa shape index (κ3) is 1.20. The molecule has 2 heterocycles. The Hall–Kier alpha value is -1.05. The van der Waals surface area contributed by atoms with Crippen LogP contribution in [0.2, 0.25) is 0 Å². The highest BCUT2D eigenvalue weighted by atomic mass is 14.9. The van der Waals surface area contributed by atoms with Crippen molar-refractivity contribution in [3.8, 4) is 0 Å². The molecule has 1 aliphatic heterocycles. The van der Waals surface area contributed by atoms with Gasteiger partial charge in [0.25, 0.3) is 0 Å². The van der Waals surface area contributed by atoms with Gasteiger partial charge >= 0.3 is 0 Å². The van der Waals surface area contributed by atoms with E-state index < -0.39 is 0 Å². The molecule has 2 heteroatoms. The predicted octanol–water partition coefficient (Wildman–Crippen LogP) is 1.69. The van der Waals surface area contributed by atoms with Crippen molar-refractivity contribution in [3.63, 3.8) is 0 Å². The lowest BCUT2D eigenvalue weighted by atomic mass is 9.97. The molecule has 2 rings (SSSR count). The van der Waals surface area contributed by atoms with Gasteiger partial charge in [0, 0.05) is 12.7 Å². The van der Waals surface area contributed by atoms with Gasteiger partial charge in [-0.05, 0) is 24.0 Å². The van der Waals surface area contributed by atoms with Crippen molar-refractivity contribution in [1.29, 1.82) is 0 Å². The van der Waals surface area contributed by atoms with E-state index in [-0.39, 0.29) is 0 Å². The number of fused-ring (bicyclic) bond motifs is 1. The minimum absolute atomic E-state index is 0.755. The van der Waals surface area contributed by atoms with Crippen LogP contribution in [0.3, 0.4) is 0 Å². The summed E-state index contributed by atoms with van der Waals surface area (Å²) in [6.45, 7) is 3.34. The number of aromatic nitrogens is 1. The Morgan fingerprint density at radius 3 is 3.45 bits per heavy atom. The van der Waals surface area contributed by atoms with Crippen LogP contribution in [0, 0.1) is 5.92 Å². The van der Waals surface area contributed by atoms with Crippen molar-refractivity contribution in [2.75, 3.05) is 11.9 Å². The quantitative estimate of drug-likeness (QED) is 0.605. The average molecular weight is 148 g/mol. The van der Waals surface area contributed by atoms with Crippen molar-refractivity contribution >= 4 is 5.69 Å². The van der Waals surface area contributed by atoms with Gasteiger partial charge < -0.3 is 5.32 Å². The lowest BCUT2D eigenvalue weighted by Crippen LogP contribution is -2.20. The van der Waals surface area contributed by atoms with Crippen LogP contribution in [0.25, 0.3) is 0 Å². The van der Waals surface area contributed by atoms with E-state index in [9.17, 15) is 0 Å². The van der Waals surface area contributed by atoms with E-state index in [0.29, 0.717) is 0 Å². The molecule has 1 aliphatic rings. The first-order valence-corrected chi connectivity index (χ1v) is 4.03. The SMILES string of the molecule is CC1CNc2cnccc2C1. The third-order valence-electron chi connectivity index (χ3n) is 2.12. The van der Waals surface area contributed by atoms with E-state index >= 15 is 0 Å². The minimum atomic E-state index is 0.755. The van der Waals surface area contributed by atoms with Crippen LogP contribution in [0.1, 0.15) is 12.5 Å². The highest BCUT2D eigenvalue weighted by Gasteiger charge is 2.12. The normalized spacial score (nSPS) is 22.1. The number of rotatable bonds is 0. The van der Waals surface area contributed by atoms with Gasteiger partial charge in [0.2, 0.25) is 0 Å². The van der Waals surface area contributed by atoms with Crippen molar-refractivity contribution < 1.29 is 0 Å². The molecule has 2 nitrogen and oxygen atoms in total. The molecule has 1 N–H and O–H groups in total. The largest absolute Gasteiger partial charge is 0.383 e. The van der Waals surface area contributed by atoms with Gasteiger partial charge in [-0.15, -0.1) is 0 Å². The van der Waals surface area contributed by atoms with Gasteiger partial charge in [0.15, 0.2) is 0 Å². The first-order chi connectivity index (χ1) is 5.36. The van der Waals surface area contributed by atoms with Crippen LogP contribution in [0.4, 0.5) is 5.69 Å². The molecule has 0 bridgehead atoms. The Morgan fingerprint density at radius 1 is 1.64 bits per heavy atom. The second-order valence-electron chi connectivity index (χ2n) is 3.22. The monoisotopic (exact) mass is 148 g/mol. The maximum atomic E-state index is 4.06. The third-order valence-corrected chi connectivity index (χ3v) is 2.12. The number of hydrogen-bond acceptors (Lipinski definition) is 2. The van der Waals surface area contributed by atoms with Crippen LogP contribution < -0.4 is 5.32 Å². The highest BCUT2D eigenvalue weighted by molar-refractivity contribution is 5.50. The highest BCUT2D eigenvalue weighted by Crippen LogP contribution is 2.22. The smallest absolute Gasteiger partial charge is 0.0559 e. The van der Waals surface area contributed by atoms with Gasteiger partial charge in [-0.3, -0.25) is 4.98 Å². The first kappa shape index (κ1) is 6.65. The van der Waals surface area contributed by atoms with Crippen LogP contribution in [0.15, 0.2) is 18.5 Å². The summed E-state index contributed by atoms with van der Waals surface area (Å²) >= 11 is 0. The number of nitrogens with zero attached hydrogens (tertiary/aromatic N) is 1. The fraction of sp³-hybridized carbons (Fsp3) is 0.444. The summed E-state index contributed by atoms with van der Waals surface area (Å²) in [4.78, 5) is 4.06. The molecule has 0 amide bonds. The molecule has 1 aromatic heterocycles. The molecule has 58 valence electrons. The summed E-state index contributed by atoms with van der Waals surface area (Å²) in [6.07, 6.45) is 4.95.